The fourth-order valence-corrected chi connectivity index (χ4v) is 7.99. The topological polar surface area (TPSA) is 39.5 Å². The number of rotatable bonds is 2. The average molecular weight is 601 g/mol. The Bertz CT molecular complexity index is 3160. The summed E-state index contributed by atoms with van der Waals surface area (Å²) in [6.45, 7) is 0. The molecule has 218 valence electrons. The van der Waals surface area contributed by atoms with Crippen LogP contribution in [0.2, 0.25) is 0 Å². The van der Waals surface area contributed by atoms with Gasteiger partial charge in [-0.15, -0.1) is 0 Å². The van der Waals surface area contributed by atoms with Crippen LogP contribution in [0.15, 0.2) is 155 Å². The Morgan fingerprint density at radius 3 is 1.96 bits per heavy atom. The molecule has 0 aliphatic heterocycles. The lowest BCUT2D eigenvalue weighted by Crippen LogP contribution is -2.12. The highest BCUT2D eigenvalue weighted by Crippen LogP contribution is 2.40. The highest BCUT2D eigenvalue weighted by atomic mass is 16.3. The van der Waals surface area contributed by atoms with Crippen LogP contribution in [-0.2, 0) is 0 Å². The highest BCUT2D eigenvalue weighted by molar-refractivity contribution is 6.21. The third-order valence-electron chi connectivity index (χ3n) is 10.0. The summed E-state index contributed by atoms with van der Waals surface area (Å²) in [6, 6.07) is 50.8. The molecule has 11 aromatic rings. The van der Waals surface area contributed by atoms with E-state index in [0.717, 1.165) is 93.1 Å². The van der Waals surface area contributed by atoms with Crippen LogP contribution in [0.1, 0.15) is 0 Å². The number of furan rings is 1. The van der Waals surface area contributed by atoms with E-state index >= 15 is 0 Å². The van der Waals surface area contributed by atoms with E-state index in [2.05, 4.69) is 114 Å². The summed E-state index contributed by atoms with van der Waals surface area (Å²) >= 11 is 0. The predicted molar refractivity (Wildman–Crippen MR) is 194 cm³/mol. The molecule has 0 fully saturated rings. The average Bonchev–Trinajstić information content (AvgIpc) is 3.77. The van der Waals surface area contributed by atoms with Crippen LogP contribution < -0.4 is 5.56 Å². The summed E-state index contributed by atoms with van der Waals surface area (Å²) in [6.07, 6.45) is 0. The van der Waals surface area contributed by atoms with Crippen LogP contribution in [0.5, 0.6) is 0 Å². The monoisotopic (exact) mass is 600 g/mol. The molecule has 0 spiro atoms. The third kappa shape index (κ3) is 3.23. The van der Waals surface area contributed by atoms with Gasteiger partial charge in [-0.05, 0) is 71.1 Å². The van der Waals surface area contributed by atoms with Crippen molar-refractivity contribution in [1.82, 2.24) is 8.97 Å². The van der Waals surface area contributed by atoms with Crippen molar-refractivity contribution in [1.29, 1.82) is 0 Å². The number of para-hydroxylation sites is 4. The Morgan fingerprint density at radius 2 is 1.09 bits per heavy atom. The quantitative estimate of drug-likeness (QED) is 0.185. The van der Waals surface area contributed by atoms with E-state index in [1.165, 1.54) is 5.39 Å². The Morgan fingerprint density at radius 1 is 0.404 bits per heavy atom. The molecule has 4 nitrogen and oxygen atoms in total. The van der Waals surface area contributed by atoms with Crippen LogP contribution >= 0.6 is 0 Å². The molecule has 0 N–H and O–H groups in total. The lowest BCUT2D eigenvalue weighted by atomic mass is 9.98. The van der Waals surface area contributed by atoms with Gasteiger partial charge >= 0.3 is 0 Å². The Labute approximate surface area is 267 Å². The van der Waals surface area contributed by atoms with E-state index in [1.807, 2.05) is 40.8 Å². The van der Waals surface area contributed by atoms with E-state index < -0.39 is 0 Å². The van der Waals surface area contributed by atoms with Gasteiger partial charge in [0.1, 0.15) is 11.2 Å². The first-order valence-corrected chi connectivity index (χ1v) is 15.9. The van der Waals surface area contributed by atoms with Crippen molar-refractivity contribution < 1.29 is 4.42 Å². The second-order valence-corrected chi connectivity index (χ2v) is 12.5. The van der Waals surface area contributed by atoms with Crippen LogP contribution in [0.3, 0.4) is 0 Å². The van der Waals surface area contributed by atoms with Crippen LogP contribution in [-0.4, -0.2) is 8.97 Å². The molecule has 0 aliphatic rings. The van der Waals surface area contributed by atoms with E-state index in [0.29, 0.717) is 0 Å². The smallest absolute Gasteiger partial charge is 0.263 e. The summed E-state index contributed by atoms with van der Waals surface area (Å²) in [4.78, 5) is 14.0. The van der Waals surface area contributed by atoms with Gasteiger partial charge in [0.05, 0.1) is 22.1 Å². The molecule has 0 bridgehead atoms. The largest absolute Gasteiger partial charge is 0.456 e. The first kappa shape index (κ1) is 24.9. The molecule has 4 heteroatoms. The van der Waals surface area contributed by atoms with Gasteiger partial charge in [-0.1, -0.05) is 91.0 Å². The summed E-state index contributed by atoms with van der Waals surface area (Å²) in [5, 5.41) is 9.58. The fourth-order valence-electron chi connectivity index (χ4n) is 7.99. The highest BCUT2D eigenvalue weighted by Gasteiger charge is 2.19. The molecule has 0 amide bonds. The summed E-state index contributed by atoms with van der Waals surface area (Å²) in [5.74, 6) is 0. The second-order valence-electron chi connectivity index (χ2n) is 12.5. The Balaban J connectivity index is 1.16. The van der Waals surface area contributed by atoms with Crippen molar-refractivity contribution in [2.45, 2.75) is 0 Å². The zero-order valence-electron chi connectivity index (χ0n) is 25.1. The van der Waals surface area contributed by atoms with Gasteiger partial charge in [-0.3, -0.25) is 9.20 Å². The fraction of sp³-hybridized carbons (Fsp3) is 0. The predicted octanol–water partition coefficient (Wildman–Crippen LogP) is 10.9. The number of aromatic nitrogens is 2. The zero-order chi connectivity index (χ0) is 30.8. The molecular weight excluding hydrogens is 576 g/mol. The van der Waals surface area contributed by atoms with Gasteiger partial charge < -0.3 is 8.98 Å². The van der Waals surface area contributed by atoms with E-state index in [9.17, 15) is 4.79 Å². The Hall–Kier alpha value is -6.39. The van der Waals surface area contributed by atoms with Gasteiger partial charge in [0.15, 0.2) is 0 Å². The van der Waals surface area contributed by atoms with Crippen LogP contribution in [0.4, 0.5) is 0 Å². The normalized spacial score (nSPS) is 12.3. The number of nitrogens with zero attached hydrogens (tertiary/aromatic N) is 2. The lowest BCUT2D eigenvalue weighted by molar-refractivity contribution is 0.669. The summed E-state index contributed by atoms with van der Waals surface area (Å²) < 4.78 is 10.5. The van der Waals surface area contributed by atoms with Crippen LogP contribution in [0, 0.1) is 0 Å². The first-order chi connectivity index (χ1) is 23.2. The van der Waals surface area contributed by atoms with Gasteiger partial charge in [0, 0.05) is 48.8 Å². The SMILES string of the molecule is O=c1c2ccc(-c3cccc(-n4c5ccccc5c5cc6oc7ccccc7c6cc54)c3)cc2c2cccc3c4ccccc4n1c23. The molecule has 7 aromatic carbocycles. The van der Waals surface area contributed by atoms with Gasteiger partial charge in [-0.25, -0.2) is 0 Å². The van der Waals surface area contributed by atoms with E-state index in [4.69, 9.17) is 4.42 Å². The van der Waals surface area contributed by atoms with Crippen molar-refractivity contribution in [3.63, 3.8) is 0 Å². The minimum absolute atomic E-state index is 0.0218. The minimum Gasteiger partial charge on any atom is -0.456 e. The van der Waals surface area contributed by atoms with E-state index in [-0.39, 0.29) is 5.56 Å². The lowest BCUT2D eigenvalue weighted by Gasteiger charge is -2.12. The third-order valence-corrected chi connectivity index (χ3v) is 10.0. The van der Waals surface area contributed by atoms with Crippen molar-refractivity contribution in [2.24, 2.45) is 0 Å². The minimum atomic E-state index is 0.0218. The molecule has 4 heterocycles. The van der Waals surface area contributed by atoms with Gasteiger partial charge in [-0.2, -0.15) is 0 Å². The number of benzene rings is 7. The standard InChI is InChI=1S/C43H24N2O2/c46-43-33-20-19-26(22-34(33)32-15-8-14-31-28-11-1-5-17-38(28)45(43)42(31)32)25-9-7-10-27(21-25)44-37-16-4-2-12-29(37)35-24-41-36(23-39(35)44)30-13-3-6-18-40(30)47-41/h1-24H. The summed E-state index contributed by atoms with van der Waals surface area (Å²) in [7, 11) is 0. The van der Waals surface area contributed by atoms with Crippen molar-refractivity contribution in [3.8, 4) is 16.8 Å². The maximum Gasteiger partial charge on any atom is 0.263 e. The molecule has 0 saturated heterocycles. The molecule has 0 saturated carbocycles. The molecule has 47 heavy (non-hydrogen) atoms. The molecule has 0 atom stereocenters. The zero-order valence-corrected chi connectivity index (χ0v) is 25.1. The van der Waals surface area contributed by atoms with E-state index in [1.54, 1.807) is 0 Å². The van der Waals surface area contributed by atoms with Crippen molar-refractivity contribution in [3.05, 3.63) is 156 Å². The molecule has 11 rings (SSSR count). The van der Waals surface area contributed by atoms with Crippen molar-refractivity contribution in [2.75, 3.05) is 0 Å². The van der Waals surface area contributed by atoms with Crippen molar-refractivity contribution >= 4 is 81.7 Å². The van der Waals surface area contributed by atoms with Crippen LogP contribution in [0.25, 0.3) is 98.5 Å². The number of fused-ring (bicyclic) bond motifs is 11. The molecule has 4 aromatic heterocycles. The number of hydrogen-bond acceptors (Lipinski definition) is 2. The van der Waals surface area contributed by atoms with Gasteiger partial charge in [0.2, 0.25) is 0 Å². The molecule has 0 radical (unpaired) electrons. The summed E-state index contributed by atoms with van der Waals surface area (Å²) in [5.41, 5.74) is 9.29. The number of pyridine rings is 1. The molecule has 0 aliphatic carbocycles. The maximum atomic E-state index is 14.0. The first-order valence-electron chi connectivity index (χ1n) is 15.9. The second kappa shape index (κ2) is 8.87. The van der Waals surface area contributed by atoms with Gasteiger partial charge in [0.25, 0.3) is 5.56 Å². The molecule has 0 unspecified atom stereocenters. The molecular formula is C43H24N2O2. The number of hydrogen-bond donors (Lipinski definition) is 0. The Kier molecular flexibility index (Phi) is 4.69. The maximum absolute atomic E-state index is 14.0.